The number of benzene rings is 1. The normalized spacial score (nSPS) is 15.6. The third-order valence-electron chi connectivity index (χ3n) is 4.14. The first-order valence-corrected chi connectivity index (χ1v) is 7.85. The van der Waals surface area contributed by atoms with Crippen molar-refractivity contribution in [1.29, 1.82) is 0 Å². The summed E-state index contributed by atoms with van der Waals surface area (Å²) in [7, 11) is 0. The van der Waals surface area contributed by atoms with Crippen molar-refractivity contribution in [2.75, 3.05) is 31.1 Å². The average molecular weight is 311 g/mol. The van der Waals surface area contributed by atoms with Crippen LogP contribution in [0.25, 0.3) is 0 Å². The van der Waals surface area contributed by atoms with Crippen molar-refractivity contribution < 1.29 is 9.90 Å². The van der Waals surface area contributed by atoms with Crippen LogP contribution in [-0.2, 0) is 6.54 Å². The summed E-state index contributed by atoms with van der Waals surface area (Å²) < 4.78 is 0. The number of anilines is 1. The molecule has 3 rings (SSSR count). The summed E-state index contributed by atoms with van der Waals surface area (Å²) in [5.74, 6) is -0.231. The number of rotatable bonds is 4. The maximum absolute atomic E-state index is 11.0. The van der Waals surface area contributed by atoms with Crippen LogP contribution >= 0.6 is 0 Å². The SMILES string of the molecule is Cc1cccc(CN2CCN(c3cccc(C(=O)O)n3)CC2)c1. The van der Waals surface area contributed by atoms with E-state index >= 15 is 0 Å². The Morgan fingerprint density at radius 1 is 1.13 bits per heavy atom. The van der Waals surface area contributed by atoms with Gasteiger partial charge in [-0.1, -0.05) is 35.9 Å². The van der Waals surface area contributed by atoms with E-state index < -0.39 is 5.97 Å². The lowest BCUT2D eigenvalue weighted by Gasteiger charge is -2.35. The standard InChI is InChI=1S/C18H21N3O2/c1-14-4-2-5-15(12-14)13-20-8-10-21(11-9-20)17-7-3-6-16(19-17)18(22)23/h2-7,12H,8-11,13H2,1H3,(H,22,23). The number of hydrogen-bond acceptors (Lipinski definition) is 4. The average Bonchev–Trinajstić information content (AvgIpc) is 2.56. The first-order valence-electron chi connectivity index (χ1n) is 7.85. The highest BCUT2D eigenvalue weighted by atomic mass is 16.4. The molecular weight excluding hydrogens is 290 g/mol. The molecule has 0 aliphatic carbocycles. The molecule has 2 aromatic rings. The van der Waals surface area contributed by atoms with Crippen molar-refractivity contribution in [3.8, 4) is 0 Å². The quantitative estimate of drug-likeness (QED) is 0.939. The van der Waals surface area contributed by atoms with Crippen molar-refractivity contribution in [1.82, 2.24) is 9.88 Å². The predicted molar refractivity (Wildman–Crippen MR) is 89.9 cm³/mol. The van der Waals surface area contributed by atoms with Gasteiger partial charge in [-0.25, -0.2) is 9.78 Å². The van der Waals surface area contributed by atoms with Gasteiger partial charge in [0.2, 0.25) is 0 Å². The number of piperazine rings is 1. The molecule has 0 atom stereocenters. The molecule has 2 heterocycles. The smallest absolute Gasteiger partial charge is 0.354 e. The molecule has 0 spiro atoms. The third kappa shape index (κ3) is 3.87. The van der Waals surface area contributed by atoms with E-state index in [2.05, 4.69) is 46.0 Å². The number of pyridine rings is 1. The summed E-state index contributed by atoms with van der Waals surface area (Å²) in [5, 5.41) is 9.05. The summed E-state index contributed by atoms with van der Waals surface area (Å²) >= 11 is 0. The first kappa shape index (κ1) is 15.5. The van der Waals surface area contributed by atoms with Gasteiger partial charge in [0.1, 0.15) is 5.82 Å². The summed E-state index contributed by atoms with van der Waals surface area (Å²) in [5.41, 5.74) is 2.73. The Morgan fingerprint density at radius 3 is 2.57 bits per heavy atom. The molecule has 1 aliphatic rings. The van der Waals surface area contributed by atoms with E-state index in [1.54, 1.807) is 6.07 Å². The zero-order chi connectivity index (χ0) is 16.2. The number of aromatic carboxylic acids is 1. The molecule has 0 amide bonds. The molecule has 1 aliphatic heterocycles. The van der Waals surface area contributed by atoms with Gasteiger partial charge in [0, 0.05) is 32.7 Å². The molecule has 1 fully saturated rings. The van der Waals surface area contributed by atoms with E-state index in [-0.39, 0.29) is 5.69 Å². The zero-order valence-electron chi connectivity index (χ0n) is 13.3. The van der Waals surface area contributed by atoms with Crippen LogP contribution in [0.3, 0.4) is 0 Å². The van der Waals surface area contributed by atoms with Crippen molar-refractivity contribution in [2.45, 2.75) is 13.5 Å². The Labute approximate surface area is 136 Å². The molecule has 5 nitrogen and oxygen atoms in total. The molecule has 23 heavy (non-hydrogen) atoms. The Kier molecular flexibility index (Phi) is 4.57. The maximum atomic E-state index is 11.0. The monoisotopic (exact) mass is 311 g/mol. The lowest BCUT2D eigenvalue weighted by Crippen LogP contribution is -2.46. The molecule has 0 saturated carbocycles. The topological polar surface area (TPSA) is 56.7 Å². The molecule has 120 valence electrons. The van der Waals surface area contributed by atoms with Crippen LogP contribution in [0.2, 0.25) is 0 Å². The van der Waals surface area contributed by atoms with Gasteiger partial charge in [-0.3, -0.25) is 4.90 Å². The largest absolute Gasteiger partial charge is 0.477 e. The highest BCUT2D eigenvalue weighted by molar-refractivity contribution is 5.85. The number of hydrogen-bond donors (Lipinski definition) is 1. The van der Waals surface area contributed by atoms with Gasteiger partial charge in [-0.05, 0) is 24.6 Å². The van der Waals surface area contributed by atoms with E-state index in [9.17, 15) is 4.79 Å². The van der Waals surface area contributed by atoms with Crippen LogP contribution in [-0.4, -0.2) is 47.1 Å². The summed E-state index contributed by atoms with van der Waals surface area (Å²) in [6, 6.07) is 13.8. The van der Waals surface area contributed by atoms with E-state index in [1.807, 2.05) is 6.07 Å². The predicted octanol–water partition coefficient (Wildman–Crippen LogP) is 2.41. The van der Waals surface area contributed by atoms with Crippen LogP contribution < -0.4 is 4.90 Å². The highest BCUT2D eigenvalue weighted by Gasteiger charge is 2.19. The molecule has 0 unspecified atom stereocenters. The van der Waals surface area contributed by atoms with Crippen molar-refractivity contribution in [3.05, 3.63) is 59.3 Å². The molecule has 0 radical (unpaired) electrons. The summed E-state index contributed by atoms with van der Waals surface area (Å²) in [6.07, 6.45) is 0. The number of aryl methyl sites for hydroxylation is 1. The second kappa shape index (κ2) is 6.79. The number of carboxylic acid groups (broad SMARTS) is 1. The Morgan fingerprint density at radius 2 is 1.87 bits per heavy atom. The van der Waals surface area contributed by atoms with Gasteiger partial charge >= 0.3 is 5.97 Å². The molecule has 1 N–H and O–H groups in total. The fourth-order valence-electron chi connectivity index (χ4n) is 2.92. The minimum absolute atomic E-state index is 0.102. The number of nitrogens with zero attached hydrogens (tertiary/aromatic N) is 3. The number of carbonyl (C=O) groups is 1. The van der Waals surface area contributed by atoms with E-state index in [0.717, 1.165) is 38.5 Å². The fourth-order valence-corrected chi connectivity index (χ4v) is 2.92. The van der Waals surface area contributed by atoms with E-state index in [4.69, 9.17) is 5.11 Å². The van der Waals surface area contributed by atoms with E-state index in [1.165, 1.54) is 17.2 Å². The second-order valence-corrected chi connectivity index (χ2v) is 5.94. The number of aromatic nitrogens is 1. The lowest BCUT2D eigenvalue weighted by atomic mass is 10.1. The Bertz CT molecular complexity index is 694. The first-order chi connectivity index (χ1) is 11.1. The van der Waals surface area contributed by atoms with Crippen LogP contribution in [0, 0.1) is 6.92 Å². The molecule has 1 aromatic heterocycles. The minimum Gasteiger partial charge on any atom is -0.477 e. The summed E-state index contributed by atoms with van der Waals surface area (Å²) in [4.78, 5) is 19.8. The van der Waals surface area contributed by atoms with Gasteiger partial charge < -0.3 is 10.0 Å². The molecule has 1 saturated heterocycles. The van der Waals surface area contributed by atoms with Gasteiger partial charge in [0.25, 0.3) is 0 Å². The van der Waals surface area contributed by atoms with Crippen molar-refractivity contribution in [2.24, 2.45) is 0 Å². The Balaban J connectivity index is 1.60. The highest BCUT2D eigenvalue weighted by Crippen LogP contribution is 2.16. The molecule has 5 heteroatoms. The number of carboxylic acids is 1. The van der Waals surface area contributed by atoms with Crippen LogP contribution in [0.5, 0.6) is 0 Å². The van der Waals surface area contributed by atoms with Crippen LogP contribution in [0.15, 0.2) is 42.5 Å². The van der Waals surface area contributed by atoms with Crippen LogP contribution in [0.1, 0.15) is 21.6 Å². The van der Waals surface area contributed by atoms with Gasteiger partial charge in [0.15, 0.2) is 5.69 Å². The maximum Gasteiger partial charge on any atom is 0.354 e. The molecular formula is C18H21N3O2. The van der Waals surface area contributed by atoms with Gasteiger partial charge in [-0.2, -0.15) is 0 Å². The molecule has 1 aromatic carbocycles. The minimum atomic E-state index is -0.982. The van der Waals surface area contributed by atoms with E-state index in [0.29, 0.717) is 0 Å². The van der Waals surface area contributed by atoms with Gasteiger partial charge in [-0.15, -0.1) is 0 Å². The van der Waals surface area contributed by atoms with Gasteiger partial charge in [0.05, 0.1) is 0 Å². The Hall–Kier alpha value is -2.40. The molecule has 0 bridgehead atoms. The summed E-state index contributed by atoms with van der Waals surface area (Å²) in [6.45, 7) is 6.70. The second-order valence-electron chi connectivity index (χ2n) is 5.94. The lowest BCUT2D eigenvalue weighted by molar-refractivity contribution is 0.0690. The zero-order valence-corrected chi connectivity index (χ0v) is 13.3. The van der Waals surface area contributed by atoms with Crippen molar-refractivity contribution >= 4 is 11.8 Å². The third-order valence-corrected chi connectivity index (χ3v) is 4.14. The van der Waals surface area contributed by atoms with Crippen molar-refractivity contribution in [3.63, 3.8) is 0 Å². The van der Waals surface area contributed by atoms with Crippen LogP contribution in [0.4, 0.5) is 5.82 Å². The fraction of sp³-hybridized carbons (Fsp3) is 0.333.